The monoisotopic (exact) mass is 234 g/mol. The van der Waals surface area contributed by atoms with E-state index in [0.29, 0.717) is 0 Å². The molecule has 0 heterocycles. The molecule has 1 unspecified atom stereocenters. The second-order valence-corrected chi connectivity index (χ2v) is 5.72. The van der Waals surface area contributed by atoms with Crippen molar-refractivity contribution < 1.29 is 9.53 Å². The van der Waals surface area contributed by atoms with Crippen LogP contribution in [0.5, 0.6) is 0 Å². The van der Waals surface area contributed by atoms with Crippen LogP contribution >= 0.6 is 0 Å². The lowest BCUT2D eigenvalue weighted by molar-refractivity contribution is 0.0196. The lowest BCUT2D eigenvalue weighted by Gasteiger charge is -2.28. The molecule has 0 amide bonds. The Morgan fingerprint density at radius 3 is 1.94 bits per heavy atom. The van der Waals surface area contributed by atoms with Gasteiger partial charge in [0, 0.05) is 12.7 Å². The third-order valence-electron chi connectivity index (χ3n) is 2.77. The van der Waals surface area contributed by atoms with Gasteiger partial charge in [0.1, 0.15) is 6.10 Å². The van der Waals surface area contributed by atoms with Gasteiger partial charge in [0.2, 0.25) is 0 Å². The fourth-order valence-corrected chi connectivity index (χ4v) is 2.12. The predicted molar refractivity (Wildman–Crippen MR) is 70.5 cm³/mol. The zero-order valence-corrected chi connectivity index (χ0v) is 11.6. The Kier molecular flexibility index (Phi) is 4.10. The van der Waals surface area contributed by atoms with E-state index in [1.165, 1.54) is 0 Å². The smallest absolute Gasteiger partial charge is 0.192 e. The third-order valence-corrected chi connectivity index (χ3v) is 2.77. The van der Waals surface area contributed by atoms with Crippen LogP contribution in [0.3, 0.4) is 0 Å². The van der Waals surface area contributed by atoms with Crippen molar-refractivity contribution in [1.82, 2.24) is 0 Å². The highest BCUT2D eigenvalue weighted by Gasteiger charge is 2.31. The topological polar surface area (TPSA) is 26.3 Å². The van der Waals surface area contributed by atoms with Gasteiger partial charge in [-0.2, -0.15) is 0 Å². The molecule has 0 aliphatic heterocycles. The number of carbonyl (C=O) groups excluding carboxylic acids is 1. The third kappa shape index (κ3) is 3.40. The van der Waals surface area contributed by atoms with Gasteiger partial charge < -0.3 is 4.74 Å². The number of rotatable bonds is 3. The maximum atomic E-state index is 12.4. The molecule has 1 rings (SSSR count). The second kappa shape index (κ2) is 5.01. The van der Waals surface area contributed by atoms with Crippen molar-refractivity contribution in [3.05, 3.63) is 34.9 Å². The number of aryl methyl sites for hydroxylation is 2. The molecule has 94 valence electrons. The van der Waals surface area contributed by atoms with Gasteiger partial charge in [-0.1, -0.05) is 38.0 Å². The molecule has 0 bridgehead atoms. The highest BCUT2D eigenvalue weighted by atomic mass is 16.5. The van der Waals surface area contributed by atoms with Crippen molar-refractivity contribution in [2.45, 2.75) is 40.7 Å². The molecule has 0 spiro atoms. The van der Waals surface area contributed by atoms with Gasteiger partial charge in [0.25, 0.3) is 0 Å². The molecule has 2 heteroatoms. The van der Waals surface area contributed by atoms with Crippen LogP contribution in [0.25, 0.3) is 0 Å². The summed E-state index contributed by atoms with van der Waals surface area (Å²) in [5.74, 6) is 0.0619. The zero-order valence-electron chi connectivity index (χ0n) is 11.6. The number of ether oxygens (including phenoxy) is 1. The van der Waals surface area contributed by atoms with Gasteiger partial charge >= 0.3 is 0 Å². The van der Waals surface area contributed by atoms with E-state index in [2.05, 4.69) is 6.07 Å². The standard InChI is InChI=1S/C15H22O2/c1-10-7-11(2)9-12(8-10)13(16)14(17-6)15(3,4)5/h7-9,14H,1-6H3. The summed E-state index contributed by atoms with van der Waals surface area (Å²) in [6.07, 6.45) is -0.399. The molecule has 2 nitrogen and oxygen atoms in total. The number of carbonyl (C=O) groups is 1. The highest BCUT2D eigenvalue weighted by Crippen LogP contribution is 2.25. The molecule has 0 aliphatic rings. The molecule has 1 atom stereocenters. The summed E-state index contributed by atoms with van der Waals surface area (Å²) in [4.78, 5) is 12.4. The Balaban J connectivity index is 3.10. The molecule has 0 N–H and O–H groups in total. The van der Waals surface area contributed by atoms with E-state index in [1.54, 1.807) is 7.11 Å². The molecule has 0 aromatic heterocycles. The first-order chi connectivity index (χ1) is 7.75. The first-order valence-electron chi connectivity index (χ1n) is 5.91. The Labute approximate surface area is 104 Å². The van der Waals surface area contributed by atoms with Crippen molar-refractivity contribution in [2.75, 3.05) is 7.11 Å². The molecular formula is C15H22O2. The number of methoxy groups -OCH3 is 1. The summed E-state index contributed by atoms with van der Waals surface area (Å²) in [6.45, 7) is 10.1. The molecular weight excluding hydrogens is 212 g/mol. The number of hydrogen-bond donors (Lipinski definition) is 0. The summed E-state index contributed by atoms with van der Waals surface area (Å²) >= 11 is 0. The minimum absolute atomic E-state index is 0.0619. The van der Waals surface area contributed by atoms with Crippen LogP contribution < -0.4 is 0 Å². The lowest BCUT2D eigenvalue weighted by Crippen LogP contribution is -2.36. The van der Waals surface area contributed by atoms with Gasteiger partial charge in [-0.25, -0.2) is 0 Å². The molecule has 1 aromatic carbocycles. The Bertz CT molecular complexity index is 393. The van der Waals surface area contributed by atoms with Gasteiger partial charge in [0.15, 0.2) is 5.78 Å². The molecule has 0 saturated heterocycles. The van der Waals surface area contributed by atoms with E-state index >= 15 is 0 Å². The first-order valence-corrected chi connectivity index (χ1v) is 5.91. The fraction of sp³-hybridized carbons (Fsp3) is 0.533. The Morgan fingerprint density at radius 2 is 1.59 bits per heavy atom. The van der Waals surface area contributed by atoms with E-state index in [0.717, 1.165) is 16.7 Å². The number of Topliss-reactive ketones (excluding diaryl/α,β-unsaturated/α-hetero) is 1. The van der Waals surface area contributed by atoms with Crippen LogP contribution in [0.4, 0.5) is 0 Å². The van der Waals surface area contributed by atoms with Gasteiger partial charge in [-0.3, -0.25) is 4.79 Å². The first kappa shape index (κ1) is 13.9. The normalized spacial score (nSPS) is 13.5. The van der Waals surface area contributed by atoms with E-state index in [9.17, 15) is 4.79 Å². The molecule has 0 fully saturated rings. The maximum Gasteiger partial charge on any atom is 0.192 e. The summed E-state index contributed by atoms with van der Waals surface area (Å²) in [5, 5.41) is 0. The summed E-state index contributed by atoms with van der Waals surface area (Å²) in [7, 11) is 1.59. The van der Waals surface area contributed by atoms with Crippen LogP contribution in [0.1, 0.15) is 42.3 Å². The number of hydrogen-bond acceptors (Lipinski definition) is 2. The van der Waals surface area contributed by atoms with Crippen molar-refractivity contribution in [3.8, 4) is 0 Å². The fourth-order valence-electron chi connectivity index (χ4n) is 2.12. The second-order valence-electron chi connectivity index (χ2n) is 5.72. The van der Waals surface area contributed by atoms with Crippen molar-refractivity contribution in [1.29, 1.82) is 0 Å². The van der Waals surface area contributed by atoms with Crippen molar-refractivity contribution in [2.24, 2.45) is 5.41 Å². The Morgan fingerprint density at radius 1 is 1.12 bits per heavy atom. The molecule has 0 saturated carbocycles. The SMILES string of the molecule is COC(C(=O)c1cc(C)cc(C)c1)C(C)(C)C. The average Bonchev–Trinajstić information content (AvgIpc) is 2.14. The van der Waals surface area contributed by atoms with E-state index in [1.807, 2.05) is 46.8 Å². The van der Waals surface area contributed by atoms with Gasteiger partial charge in [-0.05, 0) is 31.4 Å². The van der Waals surface area contributed by atoms with E-state index in [-0.39, 0.29) is 11.2 Å². The van der Waals surface area contributed by atoms with Gasteiger partial charge in [-0.15, -0.1) is 0 Å². The van der Waals surface area contributed by atoms with Crippen molar-refractivity contribution in [3.63, 3.8) is 0 Å². The van der Waals surface area contributed by atoms with Crippen LogP contribution in [-0.2, 0) is 4.74 Å². The van der Waals surface area contributed by atoms with Crippen LogP contribution in [0.2, 0.25) is 0 Å². The predicted octanol–water partition coefficient (Wildman–Crippen LogP) is 3.55. The van der Waals surface area contributed by atoms with E-state index < -0.39 is 6.10 Å². The highest BCUT2D eigenvalue weighted by molar-refractivity contribution is 6.00. The zero-order chi connectivity index (χ0) is 13.2. The number of ketones is 1. The Hall–Kier alpha value is -1.15. The van der Waals surface area contributed by atoms with Crippen LogP contribution in [0.15, 0.2) is 18.2 Å². The molecule has 0 radical (unpaired) electrons. The molecule has 0 aliphatic carbocycles. The summed E-state index contributed by atoms with van der Waals surface area (Å²) < 4.78 is 5.36. The van der Waals surface area contributed by atoms with E-state index in [4.69, 9.17) is 4.74 Å². The van der Waals surface area contributed by atoms with Gasteiger partial charge in [0.05, 0.1) is 0 Å². The minimum atomic E-state index is -0.399. The average molecular weight is 234 g/mol. The largest absolute Gasteiger partial charge is 0.373 e. The molecule has 17 heavy (non-hydrogen) atoms. The minimum Gasteiger partial charge on any atom is -0.373 e. The lowest BCUT2D eigenvalue weighted by atomic mass is 9.84. The molecule has 1 aromatic rings. The summed E-state index contributed by atoms with van der Waals surface area (Å²) in [6, 6.07) is 5.91. The number of benzene rings is 1. The maximum absolute atomic E-state index is 12.4. The van der Waals surface area contributed by atoms with Crippen molar-refractivity contribution >= 4 is 5.78 Å². The van der Waals surface area contributed by atoms with Crippen LogP contribution in [0, 0.1) is 19.3 Å². The summed E-state index contributed by atoms with van der Waals surface area (Å²) in [5.41, 5.74) is 2.77. The quantitative estimate of drug-likeness (QED) is 0.748. The van der Waals surface area contributed by atoms with Crippen LogP contribution in [-0.4, -0.2) is 19.0 Å².